The molecular formula is C17H17NO7. The maximum atomic E-state index is 11.9. The van der Waals surface area contributed by atoms with Crippen molar-refractivity contribution >= 4 is 11.7 Å². The van der Waals surface area contributed by atoms with Gasteiger partial charge in [0.1, 0.15) is 12.2 Å². The van der Waals surface area contributed by atoms with Crippen LogP contribution in [-0.4, -0.2) is 32.2 Å². The highest BCUT2D eigenvalue weighted by atomic mass is 16.6. The number of carbonyl (C=O) groups is 1. The molecule has 0 aliphatic heterocycles. The van der Waals surface area contributed by atoms with Crippen LogP contribution in [0, 0.1) is 10.1 Å². The first-order chi connectivity index (χ1) is 12.0. The fourth-order valence-corrected chi connectivity index (χ4v) is 2.26. The lowest BCUT2D eigenvalue weighted by molar-refractivity contribution is -0.386. The first-order valence-corrected chi connectivity index (χ1v) is 7.21. The van der Waals surface area contributed by atoms with Crippen LogP contribution in [-0.2, 0) is 11.3 Å². The van der Waals surface area contributed by atoms with Crippen molar-refractivity contribution in [1.29, 1.82) is 0 Å². The van der Waals surface area contributed by atoms with Gasteiger partial charge in [0.05, 0.1) is 26.3 Å². The molecule has 132 valence electrons. The second kappa shape index (κ2) is 8.00. The van der Waals surface area contributed by atoms with Crippen LogP contribution in [0.4, 0.5) is 5.69 Å². The number of esters is 1. The third-order valence-corrected chi connectivity index (χ3v) is 3.41. The third-order valence-electron chi connectivity index (χ3n) is 3.41. The zero-order valence-electron chi connectivity index (χ0n) is 14.0. The molecule has 25 heavy (non-hydrogen) atoms. The molecule has 0 heterocycles. The van der Waals surface area contributed by atoms with Gasteiger partial charge in [0.15, 0.2) is 5.75 Å². The highest BCUT2D eigenvalue weighted by Gasteiger charge is 2.33. The topological polar surface area (TPSA) is 97.1 Å². The summed E-state index contributed by atoms with van der Waals surface area (Å²) in [6, 6.07) is 10.4. The summed E-state index contributed by atoms with van der Waals surface area (Å²) in [6.45, 7) is 0.141. The fourth-order valence-electron chi connectivity index (χ4n) is 2.26. The molecule has 2 rings (SSSR count). The van der Waals surface area contributed by atoms with Gasteiger partial charge in [-0.15, -0.1) is 0 Å². The molecular weight excluding hydrogens is 330 g/mol. The number of carbonyl (C=O) groups excluding carboxylic acids is 1. The number of nitrogens with zero attached hydrogens (tertiary/aromatic N) is 1. The number of nitro groups is 1. The number of methoxy groups -OCH3 is 3. The van der Waals surface area contributed by atoms with Gasteiger partial charge in [-0.3, -0.25) is 10.1 Å². The molecule has 8 heteroatoms. The minimum atomic E-state index is -0.877. The van der Waals surface area contributed by atoms with Crippen molar-refractivity contribution in [3.8, 4) is 17.2 Å². The fraction of sp³-hybridized carbons (Fsp3) is 0.235. The largest absolute Gasteiger partial charge is 0.493 e. The smallest absolute Gasteiger partial charge is 0.345 e. The van der Waals surface area contributed by atoms with Crippen LogP contribution in [0.25, 0.3) is 0 Å². The predicted octanol–water partition coefficient (Wildman–Crippen LogP) is 2.98. The van der Waals surface area contributed by atoms with Gasteiger partial charge in [0.2, 0.25) is 11.5 Å². The molecule has 8 nitrogen and oxygen atoms in total. The van der Waals surface area contributed by atoms with Crippen molar-refractivity contribution in [3.05, 3.63) is 57.6 Å². The Hall–Kier alpha value is -3.29. The quantitative estimate of drug-likeness (QED) is 0.431. The van der Waals surface area contributed by atoms with E-state index in [0.717, 1.165) is 12.7 Å². The number of hydrogen-bond donors (Lipinski definition) is 0. The van der Waals surface area contributed by atoms with E-state index in [9.17, 15) is 14.9 Å². The Balaban J connectivity index is 2.55. The Morgan fingerprint density at radius 3 is 2.28 bits per heavy atom. The van der Waals surface area contributed by atoms with Gasteiger partial charge in [-0.05, 0) is 5.56 Å². The summed E-state index contributed by atoms with van der Waals surface area (Å²) in [5, 5.41) is 11.5. The van der Waals surface area contributed by atoms with Crippen LogP contribution >= 0.6 is 0 Å². The molecule has 0 saturated carbocycles. The molecule has 0 radical (unpaired) electrons. The Kier molecular flexibility index (Phi) is 5.78. The van der Waals surface area contributed by atoms with E-state index in [0.29, 0.717) is 0 Å². The van der Waals surface area contributed by atoms with Crippen molar-refractivity contribution in [2.24, 2.45) is 0 Å². The second-order valence-electron chi connectivity index (χ2n) is 4.86. The Labute approximate surface area is 144 Å². The Bertz CT molecular complexity index is 774. The summed E-state index contributed by atoms with van der Waals surface area (Å²) in [6.07, 6.45) is 0. The van der Waals surface area contributed by atoms with E-state index in [1.165, 1.54) is 20.3 Å². The molecule has 2 aromatic carbocycles. The molecule has 0 fully saturated rings. The average Bonchev–Trinajstić information content (AvgIpc) is 2.64. The van der Waals surface area contributed by atoms with Crippen molar-refractivity contribution in [2.45, 2.75) is 6.61 Å². The van der Waals surface area contributed by atoms with Crippen molar-refractivity contribution in [3.63, 3.8) is 0 Å². The number of nitro benzene ring substituents is 1. The predicted molar refractivity (Wildman–Crippen MR) is 88.3 cm³/mol. The van der Waals surface area contributed by atoms with Gasteiger partial charge < -0.3 is 18.9 Å². The SMILES string of the molecule is COC(=O)c1cc(OC)c(OCc2ccccc2)c(OC)c1[N+](=O)[O-]. The van der Waals surface area contributed by atoms with Crippen LogP contribution in [0.2, 0.25) is 0 Å². The van der Waals surface area contributed by atoms with Crippen LogP contribution in [0.1, 0.15) is 15.9 Å². The number of hydrogen-bond acceptors (Lipinski definition) is 7. The molecule has 0 aliphatic rings. The molecule has 0 aliphatic carbocycles. The monoisotopic (exact) mass is 347 g/mol. The first kappa shape index (κ1) is 18.1. The lowest BCUT2D eigenvalue weighted by Crippen LogP contribution is -2.10. The molecule has 0 spiro atoms. The Morgan fingerprint density at radius 2 is 1.76 bits per heavy atom. The van der Waals surface area contributed by atoms with E-state index in [2.05, 4.69) is 4.74 Å². The summed E-state index contributed by atoms with van der Waals surface area (Å²) in [4.78, 5) is 22.6. The second-order valence-corrected chi connectivity index (χ2v) is 4.86. The zero-order chi connectivity index (χ0) is 18.4. The van der Waals surface area contributed by atoms with Crippen LogP contribution in [0.3, 0.4) is 0 Å². The number of benzene rings is 2. The molecule has 0 amide bonds. The van der Waals surface area contributed by atoms with E-state index in [1.807, 2.05) is 30.3 Å². The minimum Gasteiger partial charge on any atom is -0.493 e. The standard InChI is InChI=1S/C17H17NO7/c1-22-13-9-12(17(19)24-3)14(18(20)21)16(23-2)15(13)25-10-11-7-5-4-6-8-11/h4-9H,10H2,1-3H3. The highest BCUT2D eigenvalue weighted by molar-refractivity contribution is 5.97. The average molecular weight is 347 g/mol. The summed E-state index contributed by atoms with van der Waals surface area (Å²) in [5.41, 5.74) is 0.0257. The van der Waals surface area contributed by atoms with Crippen LogP contribution in [0.5, 0.6) is 17.2 Å². The van der Waals surface area contributed by atoms with Gasteiger partial charge in [0, 0.05) is 6.07 Å². The van der Waals surface area contributed by atoms with Crippen LogP contribution in [0.15, 0.2) is 36.4 Å². The van der Waals surface area contributed by atoms with Crippen LogP contribution < -0.4 is 14.2 Å². The van der Waals surface area contributed by atoms with E-state index < -0.39 is 16.6 Å². The van der Waals surface area contributed by atoms with Gasteiger partial charge in [-0.25, -0.2) is 4.79 Å². The summed E-state index contributed by atoms with van der Waals surface area (Å²) >= 11 is 0. The van der Waals surface area contributed by atoms with Gasteiger partial charge >= 0.3 is 11.7 Å². The molecule has 0 unspecified atom stereocenters. The maximum Gasteiger partial charge on any atom is 0.345 e. The molecule has 0 bridgehead atoms. The van der Waals surface area contributed by atoms with Crippen molar-refractivity contribution in [2.75, 3.05) is 21.3 Å². The van der Waals surface area contributed by atoms with Crippen molar-refractivity contribution in [1.82, 2.24) is 0 Å². The zero-order valence-corrected chi connectivity index (χ0v) is 14.0. The minimum absolute atomic E-state index is 0.0354. The highest BCUT2D eigenvalue weighted by Crippen LogP contribution is 2.46. The molecule has 0 N–H and O–H groups in total. The molecule has 0 aromatic heterocycles. The van der Waals surface area contributed by atoms with Gasteiger partial charge in [-0.1, -0.05) is 30.3 Å². The molecule has 0 saturated heterocycles. The number of ether oxygens (including phenoxy) is 4. The van der Waals surface area contributed by atoms with Crippen molar-refractivity contribution < 1.29 is 28.7 Å². The normalized spacial score (nSPS) is 10.0. The summed E-state index contributed by atoms with van der Waals surface area (Å²) < 4.78 is 20.6. The summed E-state index contributed by atoms with van der Waals surface area (Å²) in [5.74, 6) is -0.925. The molecule has 0 atom stereocenters. The molecule has 2 aromatic rings. The van der Waals surface area contributed by atoms with E-state index in [1.54, 1.807) is 0 Å². The van der Waals surface area contributed by atoms with Gasteiger partial charge in [-0.2, -0.15) is 0 Å². The Morgan fingerprint density at radius 1 is 1.08 bits per heavy atom. The van der Waals surface area contributed by atoms with E-state index in [4.69, 9.17) is 14.2 Å². The first-order valence-electron chi connectivity index (χ1n) is 7.21. The van der Waals surface area contributed by atoms with Gasteiger partial charge in [0.25, 0.3) is 0 Å². The van der Waals surface area contributed by atoms with E-state index >= 15 is 0 Å². The van der Waals surface area contributed by atoms with E-state index in [-0.39, 0.29) is 29.4 Å². The lowest BCUT2D eigenvalue weighted by atomic mass is 10.1. The lowest BCUT2D eigenvalue weighted by Gasteiger charge is -2.16. The third kappa shape index (κ3) is 3.79. The summed E-state index contributed by atoms with van der Waals surface area (Å²) in [7, 11) is 3.74. The number of rotatable bonds is 7. The maximum absolute atomic E-state index is 11.9.